The van der Waals surface area contributed by atoms with Crippen molar-refractivity contribution in [3.63, 3.8) is 0 Å². The molecule has 0 amide bonds. The molecular formula is C15H18N2O3S. The van der Waals surface area contributed by atoms with Crippen LogP contribution in [-0.4, -0.2) is 46.4 Å². The summed E-state index contributed by atoms with van der Waals surface area (Å²) in [6.45, 7) is 3.42. The summed E-state index contributed by atoms with van der Waals surface area (Å²) < 4.78 is 0. The number of phenolic OH excluding ortho intramolecular Hbond substituents is 3. The molecule has 4 N–H and O–H groups in total. The van der Waals surface area contributed by atoms with E-state index in [0.717, 1.165) is 31.1 Å². The van der Waals surface area contributed by atoms with Crippen molar-refractivity contribution in [2.45, 2.75) is 6.04 Å². The largest absolute Gasteiger partial charge is 0.508 e. The van der Waals surface area contributed by atoms with E-state index < -0.39 is 0 Å². The van der Waals surface area contributed by atoms with Crippen molar-refractivity contribution in [1.29, 1.82) is 0 Å². The smallest absolute Gasteiger partial charge is 0.128 e. The van der Waals surface area contributed by atoms with Gasteiger partial charge in [0.2, 0.25) is 0 Å². The second-order valence-corrected chi connectivity index (χ2v) is 6.08. The molecule has 1 fully saturated rings. The minimum atomic E-state index is -0.201. The number of nitrogens with zero attached hydrogens (tertiary/aromatic N) is 1. The number of hydrogen-bond donors (Lipinski definition) is 4. The molecule has 2 heterocycles. The highest BCUT2D eigenvalue weighted by atomic mass is 32.1. The maximum atomic E-state index is 10.2. The van der Waals surface area contributed by atoms with Gasteiger partial charge in [-0.1, -0.05) is 6.07 Å². The van der Waals surface area contributed by atoms with Gasteiger partial charge < -0.3 is 20.6 Å². The Bertz CT molecular complexity index is 586. The van der Waals surface area contributed by atoms with Crippen molar-refractivity contribution in [2.24, 2.45) is 0 Å². The monoisotopic (exact) mass is 306 g/mol. The van der Waals surface area contributed by atoms with E-state index in [2.05, 4.69) is 10.2 Å². The fourth-order valence-corrected chi connectivity index (χ4v) is 3.65. The van der Waals surface area contributed by atoms with Crippen LogP contribution in [0.3, 0.4) is 0 Å². The van der Waals surface area contributed by atoms with Crippen molar-refractivity contribution in [3.8, 4) is 17.2 Å². The molecule has 0 bridgehead atoms. The van der Waals surface area contributed by atoms with Gasteiger partial charge >= 0.3 is 0 Å². The highest BCUT2D eigenvalue weighted by Crippen LogP contribution is 2.43. The normalized spacial score (nSPS) is 17.7. The van der Waals surface area contributed by atoms with Crippen LogP contribution < -0.4 is 5.32 Å². The lowest BCUT2D eigenvalue weighted by Gasteiger charge is -2.35. The van der Waals surface area contributed by atoms with Gasteiger partial charge in [-0.3, -0.25) is 4.90 Å². The van der Waals surface area contributed by atoms with E-state index in [1.807, 2.05) is 17.5 Å². The third-order valence-corrected chi connectivity index (χ3v) is 4.65. The third kappa shape index (κ3) is 2.83. The molecule has 6 heteroatoms. The predicted octanol–water partition coefficient (Wildman–Crippen LogP) is 1.86. The molecule has 1 aliphatic heterocycles. The standard InChI is InChI=1S/C15H18N2O3S/c18-10-8-11(19)14(12(20)9-10)15(13-2-1-7-21-13)17-5-3-16-4-6-17/h1-2,7-9,15-16,18-20H,3-6H2/t15-/m0/s1. The Labute approximate surface area is 127 Å². The molecular weight excluding hydrogens is 288 g/mol. The number of hydrogen-bond acceptors (Lipinski definition) is 6. The lowest BCUT2D eigenvalue weighted by molar-refractivity contribution is 0.195. The van der Waals surface area contributed by atoms with Crippen LogP contribution >= 0.6 is 11.3 Å². The summed E-state index contributed by atoms with van der Waals surface area (Å²) in [5.41, 5.74) is 0.456. The van der Waals surface area contributed by atoms with Crippen LogP contribution in [0.25, 0.3) is 0 Å². The summed E-state index contributed by atoms with van der Waals surface area (Å²) in [7, 11) is 0. The number of benzene rings is 1. The van der Waals surface area contributed by atoms with Gasteiger partial charge in [-0.05, 0) is 11.4 Å². The summed E-state index contributed by atoms with van der Waals surface area (Å²) in [5, 5.41) is 35.2. The zero-order valence-corrected chi connectivity index (χ0v) is 12.3. The highest BCUT2D eigenvalue weighted by molar-refractivity contribution is 7.10. The topological polar surface area (TPSA) is 76.0 Å². The van der Waals surface area contributed by atoms with Gasteiger partial charge in [0.15, 0.2) is 0 Å². The highest BCUT2D eigenvalue weighted by Gasteiger charge is 2.29. The molecule has 1 aromatic heterocycles. The quantitative estimate of drug-likeness (QED) is 0.696. The van der Waals surface area contributed by atoms with E-state index in [1.54, 1.807) is 11.3 Å². The van der Waals surface area contributed by atoms with Crippen LogP contribution in [0.4, 0.5) is 0 Å². The number of phenols is 3. The van der Waals surface area contributed by atoms with Crippen molar-refractivity contribution in [3.05, 3.63) is 40.1 Å². The minimum absolute atomic E-state index is 0.0792. The minimum Gasteiger partial charge on any atom is -0.508 e. The lowest BCUT2D eigenvalue weighted by Crippen LogP contribution is -2.45. The number of aromatic hydroxyl groups is 3. The first-order valence-electron chi connectivity index (χ1n) is 6.90. The van der Waals surface area contributed by atoms with E-state index >= 15 is 0 Å². The van der Waals surface area contributed by atoms with Gasteiger partial charge in [0.05, 0.1) is 11.6 Å². The third-order valence-electron chi connectivity index (χ3n) is 3.72. The van der Waals surface area contributed by atoms with Crippen LogP contribution in [0.15, 0.2) is 29.6 Å². The molecule has 0 aliphatic carbocycles. The second kappa shape index (κ2) is 5.93. The van der Waals surface area contributed by atoms with Crippen LogP contribution in [0, 0.1) is 0 Å². The van der Waals surface area contributed by atoms with Gasteiger partial charge in [-0.25, -0.2) is 0 Å². The van der Waals surface area contributed by atoms with Crippen molar-refractivity contribution >= 4 is 11.3 Å². The van der Waals surface area contributed by atoms with Gasteiger partial charge in [0.25, 0.3) is 0 Å². The van der Waals surface area contributed by atoms with E-state index in [1.165, 1.54) is 12.1 Å². The number of piperazine rings is 1. The van der Waals surface area contributed by atoms with Crippen molar-refractivity contribution in [2.75, 3.05) is 26.2 Å². The average molecular weight is 306 g/mol. The van der Waals surface area contributed by atoms with Crippen LogP contribution in [-0.2, 0) is 0 Å². The summed E-state index contributed by atoms with van der Waals surface area (Å²) in [6, 6.07) is 6.32. The van der Waals surface area contributed by atoms with Crippen LogP contribution in [0.2, 0.25) is 0 Å². The number of rotatable bonds is 3. The van der Waals surface area contributed by atoms with E-state index in [-0.39, 0.29) is 23.3 Å². The number of nitrogens with one attached hydrogen (secondary N) is 1. The molecule has 2 aromatic rings. The molecule has 0 saturated carbocycles. The zero-order valence-electron chi connectivity index (χ0n) is 11.5. The maximum Gasteiger partial charge on any atom is 0.128 e. The van der Waals surface area contributed by atoms with Gasteiger partial charge in [0.1, 0.15) is 17.2 Å². The van der Waals surface area contributed by atoms with E-state index in [0.29, 0.717) is 5.56 Å². The van der Waals surface area contributed by atoms with Crippen molar-refractivity contribution in [1.82, 2.24) is 10.2 Å². The Morgan fingerprint density at radius 3 is 2.33 bits per heavy atom. The molecule has 1 saturated heterocycles. The SMILES string of the molecule is Oc1cc(O)c([C@H](c2cccs2)N2CCNCC2)c(O)c1. The predicted molar refractivity (Wildman–Crippen MR) is 82.0 cm³/mol. The molecule has 0 spiro atoms. The Kier molecular flexibility index (Phi) is 4.01. The Balaban J connectivity index is 2.07. The molecule has 1 aliphatic rings. The number of thiophene rings is 1. The van der Waals surface area contributed by atoms with Crippen LogP contribution in [0.1, 0.15) is 16.5 Å². The fourth-order valence-electron chi connectivity index (χ4n) is 2.78. The van der Waals surface area contributed by atoms with Gasteiger partial charge in [-0.15, -0.1) is 11.3 Å². The Morgan fingerprint density at radius 1 is 1.10 bits per heavy atom. The average Bonchev–Trinajstić information content (AvgIpc) is 2.97. The summed E-state index contributed by atoms with van der Waals surface area (Å²) in [6.07, 6.45) is 0. The zero-order chi connectivity index (χ0) is 14.8. The molecule has 0 unspecified atom stereocenters. The molecule has 1 aromatic carbocycles. The second-order valence-electron chi connectivity index (χ2n) is 5.10. The summed E-state index contributed by atoms with van der Waals surface area (Å²) in [4.78, 5) is 3.29. The Morgan fingerprint density at radius 2 is 1.76 bits per heavy atom. The maximum absolute atomic E-state index is 10.2. The summed E-state index contributed by atoms with van der Waals surface area (Å²) in [5.74, 6) is -0.298. The van der Waals surface area contributed by atoms with Gasteiger partial charge in [0, 0.05) is 43.2 Å². The van der Waals surface area contributed by atoms with E-state index in [4.69, 9.17) is 0 Å². The first-order valence-corrected chi connectivity index (χ1v) is 7.78. The Hall–Kier alpha value is -1.76. The molecule has 0 radical (unpaired) electrons. The first kappa shape index (κ1) is 14.2. The first-order chi connectivity index (χ1) is 10.2. The lowest BCUT2D eigenvalue weighted by atomic mass is 10.00. The molecule has 112 valence electrons. The fraction of sp³-hybridized carbons (Fsp3) is 0.333. The molecule has 21 heavy (non-hydrogen) atoms. The molecule has 5 nitrogen and oxygen atoms in total. The van der Waals surface area contributed by atoms with Crippen LogP contribution in [0.5, 0.6) is 17.2 Å². The van der Waals surface area contributed by atoms with E-state index in [9.17, 15) is 15.3 Å². The molecule has 3 rings (SSSR count). The summed E-state index contributed by atoms with van der Waals surface area (Å²) >= 11 is 1.59. The van der Waals surface area contributed by atoms with Gasteiger partial charge in [-0.2, -0.15) is 0 Å². The molecule has 1 atom stereocenters. The van der Waals surface area contributed by atoms with Crippen molar-refractivity contribution < 1.29 is 15.3 Å².